The number of fused-ring (bicyclic) bond motifs is 1. The Balaban J connectivity index is 0.000000318. The number of halogens is 4. The minimum atomic E-state index is -5.08. The number of hydrogen-bond donors (Lipinski definition) is 1. The number of aliphatic carboxylic acids is 1. The van der Waals surface area contributed by atoms with Crippen LogP contribution in [0.25, 0.3) is 0 Å². The van der Waals surface area contributed by atoms with Crippen LogP contribution < -0.4 is 4.74 Å². The lowest BCUT2D eigenvalue weighted by atomic mass is 9.94. The highest BCUT2D eigenvalue weighted by Crippen LogP contribution is 2.35. The predicted octanol–water partition coefficient (Wildman–Crippen LogP) is 3.58. The van der Waals surface area contributed by atoms with Gasteiger partial charge in [-0.05, 0) is 18.2 Å². The highest BCUT2D eigenvalue weighted by atomic mass is 19.4. The lowest BCUT2D eigenvalue weighted by Crippen LogP contribution is -2.26. The second-order valence-electron chi connectivity index (χ2n) is 7.17. The summed E-state index contributed by atoms with van der Waals surface area (Å²) in [5, 5.41) is 7.12. The van der Waals surface area contributed by atoms with Crippen LogP contribution in [0.2, 0.25) is 0 Å². The molecule has 164 valence electrons. The van der Waals surface area contributed by atoms with Crippen LogP contribution in [0.3, 0.4) is 0 Å². The van der Waals surface area contributed by atoms with Crippen LogP contribution in [0.4, 0.5) is 17.6 Å². The third-order valence-corrected chi connectivity index (χ3v) is 5.03. The number of furan rings is 1. The van der Waals surface area contributed by atoms with E-state index < -0.39 is 12.1 Å². The van der Waals surface area contributed by atoms with E-state index in [1.54, 1.807) is 30.7 Å². The highest BCUT2D eigenvalue weighted by molar-refractivity contribution is 5.73. The molecule has 2 aliphatic rings. The molecule has 2 fully saturated rings. The van der Waals surface area contributed by atoms with Gasteiger partial charge in [-0.25, -0.2) is 9.18 Å². The number of nitrogens with zero attached hydrogens (tertiary/aromatic N) is 1. The third kappa shape index (κ3) is 5.73. The number of benzene rings is 1. The van der Waals surface area contributed by atoms with Crippen molar-refractivity contribution in [3.63, 3.8) is 0 Å². The van der Waals surface area contributed by atoms with E-state index in [2.05, 4.69) is 4.90 Å². The first kappa shape index (κ1) is 22.1. The number of para-hydroxylation sites is 1. The molecule has 0 amide bonds. The van der Waals surface area contributed by atoms with E-state index >= 15 is 0 Å². The number of likely N-dealkylation sites (tertiary alicyclic amines) is 1. The monoisotopic (exact) mass is 431 g/mol. The van der Waals surface area contributed by atoms with Crippen LogP contribution in [0, 0.1) is 17.7 Å². The second kappa shape index (κ2) is 9.48. The molecule has 0 aliphatic carbocycles. The first-order valence-corrected chi connectivity index (χ1v) is 9.26. The Morgan fingerprint density at radius 2 is 1.97 bits per heavy atom. The topological polar surface area (TPSA) is 72.1 Å². The normalized spacial score (nSPS) is 23.5. The Morgan fingerprint density at radius 1 is 1.23 bits per heavy atom. The molecule has 1 aromatic carbocycles. The molecule has 4 rings (SSSR count). The maximum atomic E-state index is 13.6. The summed E-state index contributed by atoms with van der Waals surface area (Å²) in [5.41, 5.74) is 1.18. The maximum absolute atomic E-state index is 13.6. The number of hydrogen-bond acceptors (Lipinski definition) is 5. The van der Waals surface area contributed by atoms with Gasteiger partial charge >= 0.3 is 12.1 Å². The van der Waals surface area contributed by atoms with E-state index in [1.165, 1.54) is 11.6 Å². The van der Waals surface area contributed by atoms with Crippen molar-refractivity contribution in [1.82, 2.24) is 4.90 Å². The van der Waals surface area contributed by atoms with Gasteiger partial charge in [-0.15, -0.1) is 0 Å². The molecule has 0 unspecified atom stereocenters. The first-order valence-electron chi connectivity index (χ1n) is 9.26. The molecule has 10 heteroatoms. The molecule has 0 spiro atoms. The summed E-state index contributed by atoms with van der Waals surface area (Å²) >= 11 is 0. The van der Waals surface area contributed by atoms with Crippen molar-refractivity contribution in [3.8, 4) is 5.75 Å². The molecular weight excluding hydrogens is 410 g/mol. The van der Waals surface area contributed by atoms with Gasteiger partial charge in [0, 0.05) is 37.0 Å². The Morgan fingerprint density at radius 3 is 2.60 bits per heavy atom. The maximum Gasteiger partial charge on any atom is 0.490 e. The van der Waals surface area contributed by atoms with E-state index in [1.807, 2.05) is 6.07 Å². The lowest BCUT2D eigenvalue weighted by molar-refractivity contribution is -0.192. The van der Waals surface area contributed by atoms with Crippen LogP contribution in [-0.4, -0.2) is 54.6 Å². The van der Waals surface area contributed by atoms with E-state index in [9.17, 15) is 17.6 Å². The molecule has 6 nitrogen and oxygen atoms in total. The van der Waals surface area contributed by atoms with E-state index in [-0.39, 0.29) is 11.9 Å². The van der Waals surface area contributed by atoms with Gasteiger partial charge in [0.1, 0.15) is 0 Å². The van der Waals surface area contributed by atoms with Gasteiger partial charge in [-0.3, -0.25) is 4.90 Å². The Kier molecular flexibility index (Phi) is 6.99. The third-order valence-electron chi connectivity index (χ3n) is 5.03. The quantitative estimate of drug-likeness (QED) is 0.730. The molecule has 0 saturated carbocycles. The fraction of sp³-hybridized carbons (Fsp3) is 0.450. The average molecular weight is 431 g/mol. The summed E-state index contributed by atoms with van der Waals surface area (Å²) in [4.78, 5) is 11.3. The molecule has 1 N–H and O–H groups in total. The number of carbonyl (C=O) groups is 1. The van der Waals surface area contributed by atoms with Crippen molar-refractivity contribution in [2.24, 2.45) is 11.8 Å². The molecule has 1 aromatic heterocycles. The summed E-state index contributed by atoms with van der Waals surface area (Å²) < 4.78 is 62.1. The standard InChI is InChI=1S/C18H20FNO3.C2HF3O2/c19-16-3-1-2-4-17(16)22-11-14-12-23-18-9-20(8-15(14)18)7-13-5-6-21-10-13;3-2(4,5)1(6)7/h1-6,10,14-15,18H,7-9,11-12H2;(H,6,7)/t14-,15+,18+;/m0./s1. The summed E-state index contributed by atoms with van der Waals surface area (Å²) in [6.45, 7) is 4.01. The van der Waals surface area contributed by atoms with Gasteiger partial charge in [-0.1, -0.05) is 12.1 Å². The molecule has 2 saturated heterocycles. The summed E-state index contributed by atoms with van der Waals surface area (Å²) in [6.07, 6.45) is -1.34. The molecular formula is C20H21F4NO5. The summed E-state index contributed by atoms with van der Waals surface area (Å²) in [5.74, 6) is -1.98. The zero-order valence-corrected chi connectivity index (χ0v) is 15.8. The molecule has 2 aliphatic heterocycles. The molecule has 3 heterocycles. The van der Waals surface area contributed by atoms with Crippen molar-refractivity contribution in [2.45, 2.75) is 18.8 Å². The smallest absolute Gasteiger partial charge is 0.490 e. The van der Waals surface area contributed by atoms with E-state index in [0.29, 0.717) is 30.8 Å². The number of carboxylic acid groups (broad SMARTS) is 1. The highest BCUT2D eigenvalue weighted by Gasteiger charge is 2.44. The fourth-order valence-electron chi connectivity index (χ4n) is 3.58. The largest absolute Gasteiger partial charge is 0.490 e. The van der Waals surface area contributed by atoms with E-state index in [4.69, 9.17) is 23.8 Å². The van der Waals surface area contributed by atoms with Crippen molar-refractivity contribution in [2.75, 3.05) is 26.3 Å². The fourth-order valence-corrected chi connectivity index (χ4v) is 3.58. The van der Waals surface area contributed by atoms with Crippen LogP contribution >= 0.6 is 0 Å². The van der Waals surface area contributed by atoms with Crippen molar-refractivity contribution < 1.29 is 41.4 Å². The number of ether oxygens (including phenoxy) is 2. The van der Waals surface area contributed by atoms with Gasteiger partial charge in [0.25, 0.3) is 0 Å². The minimum Gasteiger partial charge on any atom is -0.490 e. The van der Waals surface area contributed by atoms with Gasteiger partial charge in [0.05, 0.1) is 31.8 Å². The molecule has 3 atom stereocenters. The van der Waals surface area contributed by atoms with Crippen LogP contribution in [0.15, 0.2) is 47.3 Å². The summed E-state index contributed by atoms with van der Waals surface area (Å²) in [6, 6.07) is 8.54. The SMILES string of the molecule is Fc1ccccc1OC[C@H]1CO[C@@H]2CN(Cc3ccoc3)C[C@H]12.O=C(O)C(F)(F)F. The number of carboxylic acids is 1. The van der Waals surface area contributed by atoms with Gasteiger partial charge in [0.15, 0.2) is 11.6 Å². The van der Waals surface area contributed by atoms with Gasteiger partial charge in [-0.2, -0.15) is 13.2 Å². The zero-order chi connectivity index (χ0) is 21.7. The second-order valence-corrected chi connectivity index (χ2v) is 7.17. The Hall–Kier alpha value is -2.59. The Labute approximate surface area is 170 Å². The van der Waals surface area contributed by atoms with Crippen molar-refractivity contribution in [3.05, 3.63) is 54.2 Å². The lowest BCUT2D eigenvalue weighted by Gasteiger charge is -2.19. The van der Waals surface area contributed by atoms with Crippen LogP contribution in [0.1, 0.15) is 5.56 Å². The molecule has 0 radical (unpaired) electrons. The molecule has 2 aromatic rings. The van der Waals surface area contributed by atoms with Crippen molar-refractivity contribution in [1.29, 1.82) is 0 Å². The van der Waals surface area contributed by atoms with Crippen LogP contribution in [-0.2, 0) is 16.1 Å². The first-order chi connectivity index (χ1) is 14.2. The summed E-state index contributed by atoms with van der Waals surface area (Å²) in [7, 11) is 0. The van der Waals surface area contributed by atoms with Gasteiger partial charge in [0.2, 0.25) is 0 Å². The zero-order valence-electron chi connectivity index (χ0n) is 15.8. The van der Waals surface area contributed by atoms with Gasteiger partial charge < -0.3 is 19.0 Å². The number of rotatable bonds is 5. The molecule has 0 bridgehead atoms. The average Bonchev–Trinajstić information content (AvgIpc) is 3.40. The van der Waals surface area contributed by atoms with E-state index in [0.717, 1.165) is 19.6 Å². The van der Waals surface area contributed by atoms with Crippen molar-refractivity contribution >= 4 is 5.97 Å². The Bertz CT molecular complexity index is 827. The number of alkyl halides is 3. The predicted molar refractivity (Wildman–Crippen MR) is 96.3 cm³/mol. The molecule has 30 heavy (non-hydrogen) atoms. The van der Waals surface area contributed by atoms with Crippen LogP contribution in [0.5, 0.6) is 5.75 Å². The minimum absolute atomic E-state index is 0.260.